The van der Waals surface area contributed by atoms with Crippen LogP contribution in [0.1, 0.15) is 61.3 Å². The number of carbonyl (C=O) groups is 3. The highest BCUT2D eigenvalue weighted by Gasteiger charge is 2.50. The summed E-state index contributed by atoms with van der Waals surface area (Å²) in [4.78, 5) is 38.0. The summed E-state index contributed by atoms with van der Waals surface area (Å²) in [5.41, 5.74) is -1.76. The molecule has 0 aromatic heterocycles. The van der Waals surface area contributed by atoms with Crippen molar-refractivity contribution in [1.82, 2.24) is 4.90 Å². The minimum Gasteiger partial charge on any atom is -0.453 e. The highest BCUT2D eigenvalue weighted by Crippen LogP contribution is 2.35. The van der Waals surface area contributed by atoms with E-state index >= 15 is 0 Å². The summed E-state index contributed by atoms with van der Waals surface area (Å²) in [6.45, 7) is 12.2. The molecule has 1 amide bonds. The van der Waals surface area contributed by atoms with E-state index in [1.807, 2.05) is 6.92 Å². The molecule has 1 aliphatic heterocycles. The summed E-state index contributed by atoms with van der Waals surface area (Å²) in [5.74, 6) is 3.28. The van der Waals surface area contributed by atoms with Crippen LogP contribution in [-0.4, -0.2) is 46.0 Å². The zero-order chi connectivity index (χ0) is 18.7. The van der Waals surface area contributed by atoms with Crippen molar-refractivity contribution in [3.05, 3.63) is 0 Å². The molecule has 0 aliphatic carbocycles. The van der Waals surface area contributed by atoms with Gasteiger partial charge in [-0.05, 0) is 67.2 Å². The van der Waals surface area contributed by atoms with E-state index in [2.05, 4.69) is 11.8 Å². The number of nitrogens with zero attached hydrogens (tertiary/aromatic N) is 1. The van der Waals surface area contributed by atoms with Gasteiger partial charge < -0.3 is 9.47 Å². The predicted molar refractivity (Wildman–Crippen MR) is 89.2 cm³/mol. The summed E-state index contributed by atoms with van der Waals surface area (Å²) in [6.07, 6.45) is 0.289. The van der Waals surface area contributed by atoms with Crippen molar-refractivity contribution in [2.24, 2.45) is 0 Å². The molecule has 134 valence electrons. The van der Waals surface area contributed by atoms with Crippen LogP contribution in [-0.2, 0) is 19.1 Å². The molecule has 0 saturated carbocycles. The lowest BCUT2D eigenvalue weighted by Gasteiger charge is -2.36. The number of ketones is 1. The van der Waals surface area contributed by atoms with E-state index in [1.54, 1.807) is 41.5 Å². The quantitative estimate of drug-likeness (QED) is 0.335. The number of esters is 1. The molecule has 0 aromatic rings. The first-order chi connectivity index (χ1) is 10.9. The maximum Gasteiger partial charge on any atom is 0.411 e. The Morgan fingerprint density at radius 2 is 1.79 bits per heavy atom. The normalized spacial score (nSPS) is 23.5. The smallest absolute Gasteiger partial charge is 0.411 e. The standard InChI is InChI=1S/C18H27NO5/c1-12(2)23-15(21)9-8-14(20)18(7)11-10-13(3)19(18)16(22)24-17(4,5)6/h12-13H,10-11H2,1-7H3/t13-,18-/m1/s1. The van der Waals surface area contributed by atoms with Crippen LogP contribution in [0, 0.1) is 11.8 Å². The SMILES string of the molecule is CC(C)OC(=O)C#CC(=O)[C@@]1(C)CC[C@@H](C)N1C(=O)OC(C)(C)C. The van der Waals surface area contributed by atoms with Gasteiger partial charge in [0.1, 0.15) is 11.1 Å². The van der Waals surface area contributed by atoms with Gasteiger partial charge in [-0.3, -0.25) is 9.69 Å². The molecule has 0 bridgehead atoms. The van der Waals surface area contributed by atoms with Gasteiger partial charge in [-0.2, -0.15) is 0 Å². The third-order valence-electron chi connectivity index (χ3n) is 3.72. The lowest BCUT2D eigenvalue weighted by atomic mass is 9.93. The van der Waals surface area contributed by atoms with Gasteiger partial charge >= 0.3 is 12.1 Å². The fraction of sp³-hybridized carbons (Fsp3) is 0.722. The Balaban J connectivity index is 2.98. The molecule has 1 aliphatic rings. The summed E-state index contributed by atoms with van der Waals surface area (Å²) in [7, 11) is 0. The molecule has 1 saturated heterocycles. The molecule has 1 heterocycles. The lowest BCUT2D eigenvalue weighted by molar-refractivity contribution is -0.140. The van der Waals surface area contributed by atoms with Crippen LogP contribution in [0.3, 0.4) is 0 Å². The van der Waals surface area contributed by atoms with Crippen LogP contribution < -0.4 is 0 Å². The molecule has 24 heavy (non-hydrogen) atoms. The van der Waals surface area contributed by atoms with Crippen molar-refractivity contribution in [3.63, 3.8) is 0 Å². The highest BCUT2D eigenvalue weighted by atomic mass is 16.6. The summed E-state index contributed by atoms with van der Waals surface area (Å²) in [6, 6.07) is -0.141. The van der Waals surface area contributed by atoms with E-state index in [4.69, 9.17) is 9.47 Å². The van der Waals surface area contributed by atoms with Crippen molar-refractivity contribution in [2.45, 2.75) is 84.6 Å². The maximum atomic E-state index is 12.6. The van der Waals surface area contributed by atoms with Crippen LogP contribution >= 0.6 is 0 Å². The van der Waals surface area contributed by atoms with E-state index in [-0.39, 0.29) is 12.1 Å². The zero-order valence-corrected chi connectivity index (χ0v) is 15.6. The first-order valence-electron chi connectivity index (χ1n) is 8.16. The van der Waals surface area contributed by atoms with E-state index in [0.717, 1.165) is 0 Å². The highest BCUT2D eigenvalue weighted by molar-refractivity contribution is 6.08. The Morgan fingerprint density at radius 1 is 1.21 bits per heavy atom. The van der Waals surface area contributed by atoms with Crippen molar-refractivity contribution in [1.29, 1.82) is 0 Å². The monoisotopic (exact) mass is 337 g/mol. The summed E-state index contributed by atoms with van der Waals surface area (Å²) >= 11 is 0. The Labute approximate surface area is 143 Å². The molecule has 6 heteroatoms. The number of Topliss-reactive ketones (excluding diaryl/α,β-unsaturated/α-hetero) is 1. The molecule has 1 fully saturated rings. The molecule has 0 unspecified atom stereocenters. The second kappa shape index (κ2) is 7.25. The average Bonchev–Trinajstić information content (AvgIpc) is 2.70. The predicted octanol–water partition coefficient (Wildman–Crippen LogP) is 2.69. The van der Waals surface area contributed by atoms with Gasteiger partial charge in [0.05, 0.1) is 6.10 Å². The van der Waals surface area contributed by atoms with Crippen LogP contribution in [0.4, 0.5) is 4.79 Å². The zero-order valence-electron chi connectivity index (χ0n) is 15.6. The molecule has 2 atom stereocenters. The van der Waals surface area contributed by atoms with Gasteiger partial charge in [0.25, 0.3) is 0 Å². The molecule has 1 rings (SSSR count). The van der Waals surface area contributed by atoms with E-state index < -0.39 is 29.0 Å². The summed E-state index contributed by atoms with van der Waals surface area (Å²) in [5, 5.41) is 0. The number of carbonyl (C=O) groups excluding carboxylic acids is 3. The van der Waals surface area contributed by atoms with Crippen molar-refractivity contribution in [3.8, 4) is 11.8 Å². The first-order valence-corrected chi connectivity index (χ1v) is 8.16. The Bertz CT molecular complexity index is 578. The van der Waals surface area contributed by atoms with Crippen LogP contribution in [0.25, 0.3) is 0 Å². The van der Waals surface area contributed by atoms with Gasteiger partial charge in [-0.15, -0.1) is 0 Å². The maximum absolute atomic E-state index is 12.6. The minimum absolute atomic E-state index is 0.141. The second-order valence-corrected chi connectivity index (χ2v) is 7.55. The van der Waals surface area contributed by atoms with Crippen LogP contribution in [0.15, 0.2) is 0 Å². The van der Waals surface area contributed by atoms with Crippen LogP contribution in [0.2, 0.25) is 0 Å². The van der Waals surface area contributed by atoms with Crippen molar-refractivity contribution >= 4 is 17.8 Å². The Morgan fingerprint density at radius 3 is 2.29 bits per heavy atom. The number of hydrogen-bond donors (Lipinski definition) is 0. The Kier molecular flexibility index (Phi) is 6.04. The van der Waals surface area contributed by atoms with Crippen molar-refractivity contribution < 1.29 is 23.9 Å². The van der Waals surface area contributed by atoms with Gasteiger partial charge in [0.15, 0.2) is 0 Å². The number of amides is 1. The lowest BCUT2D eigenvalue weighted by Crippen LogP contribution is -2.54. The number of rotatable bonds is 2. The van der Waals surface area contributed by atoms with Crippen molar-refractivity contribution in [2.75, 3.05) is 0 Å². The van der Waals surface area contributed by atoms with E-state index in [0.29, 0.717) is 12.8 Å². The molecular weight excluding hydrogens is 310 g/mol. The third-order valence-corrected chi connectivity index (χ3v) is 3.72. The molecule has 0 radical (unpaired) electrons. The largest absolute Gasteiger partial charge is 0.453 e. The molecule has 0 spiro atoms. The van der Waals surface area contributed by atoms with Gasteiger partial charge in [-0.1, -0.05) is 0 Å². The van der Waals surface area contributed by atoms with E-state index in [9.17, 15) is 14.4 Å². The molecule has 0 aromatic carbocycles. The molecule has 0 N–H and O–H groups in total. The third kappa shape index (κ3) is 4.98. The van der Waals surface area contributed by atoms with Gasteiger partial charge in [-0.25, -0.2) is 9.59 Å². The van der Waals surface area contributed by atoms with Gasteiger partial charge in [0, 0.05) is 12.0 Å². The second-order valence-electron chi connectivity index (χ2n) is 7.55. The number of likely N-dealkylation sites (tertiary alicyclic amines) is 1. The van der Waals surface area contributed by atoms with Gasteiger partial charge in [0.2, 0.25) is 5.78 Å². The minimum atomic E-state index is -1.10. The Hall–Kier alpha value is -2.03. The molecular formula is C18H27NO5. The van der Waals surface area contributed by atoms with Crippen LogP contribution in [0.5, 0.6) is 0 Å². The first kappa shape index (κ1) is 20.0. The topological polar surface area (TPSA) is 72.9 Å². The van der Waals surface area contributed by atoms with E-state index in [1.165, 1.54) is 4.90 Å². The fourth-order valence-corrected chi connectivity index (χ4v) is 2.63. The fourth-order valence-electron chi connectivity index (χ4n) is 2.63. The summed E-state index contributed by atoms with van der Waals surface area (Å²) < 4.78 is 10.3. The molecule has 6 nitrogen and oxygen atoms in total. The number of hydrogen-bond acceptors (Lipinski definition) is 5. The number of ether oxygens (including phenoxy) is 2. The average molecular weight is 337 g/mol.